The third-order valence-electron chi connectivity index (χ3n) is 3.58. The van der Waals surface area contributed by atoms with Gasteiger partial charge in [-0.2, -0.15) is 13.9 Å². The van der Waals surface area contributed by atoms with E-state index in [0.29, 0.717) is 21.6 Å². The van der Waals surface area contributed by atoms with Crippen molar-refractivity contribution in [3.63, 3.8) is 0 Å². The van der Waals surface area contributed by atoms with E-state index < -0.39 is 6.61 Å². The third-order valence-corrected chi connectivity index (χ3v) is 4.49. The SMILES string of the molecule is CN=c1scc(-c2ccc(O)cc2O)n1/N=C/c1ccccc1OC(F)F. The number of halogens is 2. The van der Waals surface area contributed by atoms with Gasteiger partial charge in [0, 0.05) is 29.6 Å². The molecule has 0 radical (unpaired) electrons. The summed E-state index contributed by atoms with van der Waals surface area (Å²) < 4.78 is 31.1. The van der Waals surface area contributed by atoms with Gasteiger partial charge in [0.05, 0.1) is 11.9 Å². The fourth-order valence-corrected chi connectivity index (χ4v) is 3.19. The quantitative estimate of drug-likeness (QED) is 0.652. The van der Waals surface area contributed by atoms with Crippen molar-refractivity contribution in [3.05, 3.63) is 58.2 Å². The van der Waals surface area contributed by atoms with Gasteiger partial charge in [0.15, 0.2) is 0 Å². The maximum Gasteiger partial charge on any atom is 0.387 e. The highest BCUT2D eigenvalue weighted by Gasteiger charge is 2.13. The van der Waals surface area contributed by atoms with E-state index in [4.69, 9.17) is 0 Å². The van der Waals surface area contributed by atoms with Gasteiger partial charge in [0.25, 0.3) is 0 Å². The van der Waals surface area contributed by atoms with Crippen molar-refractivity contribution in [2.75, 3.05) is 7.05 Å². The maximum absolute atomic E-state index is 12.6. The number of ether oxygens (including phenoxy) is 1. The Morgan fingerprint density at radius 3 is 2.67 bits per heavy atom. The van der Waals surface area contributed by atoms with Crippen molar-refractivity contribution in [2.45, 2.75) is 6.61 Å². The minimum atomic E-state index is -2.95. The summed E-state index contributed by atoms with van der Waals surface area (Å²) in [6.07, 6.45) is 1.38. The second-order valence-corrected chi connectivity index (χ2v) is 6.14. The molecule has 1 heterocycles. The van der Waals surface area contributed by atoms with Crippen LogP contribution >= 0.6 is 11.3 Å². The number of aromatic hydroxyl groups is 2. The van der Waals surface area contributed by atoms with Gasteiger partial charge in [-0.05, 0) is 24.3 Å². The van der Waals surface area contributed by atoms with Crippen molar-refractivity contribution in [2.24, 2.45) is 10.1 Å². The Morgan fingerprint density at radius 2 is 1.96 bits per heavy atom. The second kappa shape index (κ2) is 8.00. The highest BCUT2D eigenvalue weighted by Crippen LogP contribution is 2.32. The Kier molecular flexibility index (Phi) is 5.51. The highest BCUT2D eigenvalue weighted by molar-refractivity contribution is 7.07. The molecule has 140 valence electrons. The molecule has 0 atom stereocenters. The monoisotopic (exact) mass is 391 g/mol. The molecule has 0 fully saturated rings. The van der Waals surface area contributed by atoms with E-state index in [2.05, 4.69) is 14.8 Å². The fraction of sp³-hybridized carbons (Fsp3) is 0.111. The van der Waals surface area contributed by atoms with E-state index in [-0.39, 0.29) is 17.2 Å². The molecule has 0 saturated heterocycles. The fourth-order valence-electron chi connectivity index (χ4n) is 2.40. The lowest BCUT2D eigenvalue weighted by atomic mass is 10.1. The molecule has 1 aromatic heterocycles. The van der Waals surface area contributed by atoms with E-state index in [1.54, 1.807) is 36.7 Å². The number of alkyl halides is 2. The average molecular weight is 391 g/mol. The molecule has 0 amide bonds. The van der Waals surface area contributed by atoms with Gasteiger partial charge in [-0.1, -0.05) is 12.1 Å². The van der Waals surface area contributed by atoms with Gasteiger partial charge < -0.3 is 14.9 Å². The second-order valence-electron chi connectivity index (χ2n) is 5.30. The summed E-state index contributed by atoms with van der Waals surface area (Å²) in [6, 6.07) is 10.5. The van der Waals surface area contributed by atoms with Crippen LogP contribution in [0.4, 0.5) is 8.78 Å². The van der Waals surface area contributed by atoms with Crippen molar-refractivity contribution < 1.29 is 23.7 Å². The lowest BCUT2D eigenvalue weighted by Gasteiger charge is -2.08. The van der Waals surface area contributed by atoms with Crippen molar-refractivity contribution in [1.82, 2.24) is 4.68 Å². The first-order valence-corrected chi connectivity index (χ1v) is 8.61. The molecule has 3 rings (SSSR count). The summed E-state index contributed by atoms with van der Waals surface area (Å²) in [4.78, 5) is 4.66. The summed E-state index contributed by atoms with van der Waals surface area (Å²) in [6.45, 7) is -2.95. The Hall–Kier alpha value is -3.20. The van der Waals surface area contributed by atoms with Crippen LogP contribution in [0.15, 0.2) is 57.9 Å². The smallest absolute Gasteiger partial charge is 0.387 e. The normalized spacial score (nSPS) is 12.2. The first-order chi connectivity index (χ1) is 13.0. The number of thiazole rings is 1. The van der Waals surface area contributed by atoms with Crippen LogP contribution in [0.3, 0.4) is 0 Å². The number of hydrogen-bond donors (Lipinski definition) is 2. The highest BCUT2D eigenvalue weighted by atomic mass is 32.1. The maximum atomic E-state index is 12.6. The van der Waals surface area contributed by atoms with E-state index >= 15 is 0 Å². The third kappa shape index (κ3) is 4.14. The van der Waals surface area contributed by atoms with Gasteiger partial charge in [0.2, 0.25) is 4.80 Å². The first kappa shape index (κ1) is 18.6. The first-order valence-electron chi connectivity index (χ1n) is 7.73. The summed E-state index contributed by atoms with van der Waals surface area (Å²) in [5.74, 6) is -0.197. The predicted molar refractivity (Wildman–Crippen MR) is 98.6 cm³/mol. The van der Waals surface area contributed by atoms with Crippen LogP contribution < -0.4 is 9.54 Å². The largest absolute Gasteiger partial charge is 0.508 e. The van der Waals surface area contributed by atoms with Crippen molar-refractivity contribution in [3.8, 4) is 28.5 Å². The summed E-state index contributed by atoms with van der Waals surface area (Å²) >= 11 is 1.29. The topological polar surface area (TPSA) is 79.3 Å². The number of phenols is 2. The predicted octanol–water partition coefficient (Wildman–Crippen LogP) is 3.64. The molecule has 0 spiro atoms. The molecule has 27 heavy (non-hydrogen) atoms. The summed E-state index contributed by atoms with van der Waals surface area (Å²) in [5.41, 5.74) is 1.33. The molecular weight excluding hydrogens is 376 g/mol. The zero-order valence-corrected chi connectivity index (χ0v) is 14.9. The minimum absolute atomic E-state index is 0.00361. The standard InChI is InChI=1S/C18H15F2N3O3S/c1-21-18-23(14(10-27-18)13-7-6-12(24)8-15(13)25)22-9-11-4-2-3-5-16(11)26-17(19)20/h2-10,17,24-25H,1H3/b21-18?,22-9+. The van der Waals surface area contributed by atoms with E-state index in [1.807, 2.05) is 0 Å². The van der Waals surface area contributed by atoms with Crippen LogP contribution in [0.5, 0.6) is 17.2 Å². The molecule has 6 nitrogen and oxygen atoms in total. The van der Waals surface area contributed by atoms with Crippen LogP contribution in [0, 0.1) is 0 Å². The molecule has 2 aromatic carbocycles. The van der Waals surface area contributed by atoms with Crippen LogP contribution in [-0.2, 0) is 0 Å². The molecule has 9 heteroatoms. The van der Waals surface area contributed by atoms with Gasteiger partial charge in [0.1, 0.15) is 17.2 Å². The molecule has 0 bridgehead atoms. The van der Waals surface area contributed by atoms with E-state index in [9.17, 15) is 19.0 Å². The molecule has 0 aliphatic rings. The molecule has 0 aliphatic carbocycles. The Bertz CT molecular complexity index is 1040. The summed E-state index contributed by atoms with van der Waals surface area (Å²) in [7, 11) is 1.59. The van der Waals surface area contributed by atoms with Crippen LogP contribution in [0.2, 0.25) is 0 Å². The number of nitrogens with zero attached hydrogens (tertiary/aromatic N) is 3. The number of phenolic OH excluding ortho intramolecular Hbond substituents is 2. The van der Waals surface area contributed by atoms with Crippen LogP contribution in [0.25, 0.3) is 11.3 Å². The number of aromatic nitrogens is 1. The zero-order valence-electron chi connectivity index (χ0n) is 14.1. The summed E-state index contributed by atoms with van der Waals surface area (Å²) in [5, 5.41) is 25.7. The van der Waals surface area contributed by atoms with E-state index in [0.717, 1.165) is 0 Å². The van der Waals surface area contributed by atoms with Crippen LogP contribution in [0.1, 0.15) is 5.56 Å². The van der Waals surface area contributed by atoms with Gasteiger partial charge in [-0.25, -0.2) is 4.68 Å². The number of benzene rings is 2. The number of rotatable bonds is 5. The minimum Gasteiger partial charge on any atom is -0.508 e. The van der Waals surface area contributed by atoms with Gasteiger partial charge >= 0.3 is 6.61 Å². The van der Waals surface area contributed by atoms with Crippen LogP contribution in [-0.4, -0.2) is 34.8 Å². The lowest BCUT2D eigenvalue weighted by molar-refractivity contribution is -0.0499. The molecule has 0 unspecified atom stereocenters. The average Bonchev–Trinajstić information content (AvgIpc) is 3.03. The Balaban J connectivity index is 2.06. The number of hydrogen-bond acceptors (Lipinski definition) is 6. The van der Waals surface area contributed by atoms with Gasteiger partial charge in [-0.3, -0.25) is 4.99 Å². The van der Waals surface area contributed by atoms with Gasteiger partial charge in [-0.15, -0.1) is 11.3 Å². The molecule has 3 aromatic rings. The Morgan fingerprint density at radius 1 is 1.19 bits per heavy atom. The molecule has 0 aliphatic heterocycles. The molecule has 0 saturated carbocycles. The lowest BCUT2D eigenvalue weighted by Crippen LogP contribution is -2.12. The zero-order chi connectivity index (χ0) is 19.4. The van der Waals surface area contributed by atoms with E-state index in [1.165, 1.54) is 40.4 Å². The Labute approximate surface area is 157 Å². The molecule has 2 N–H and O–H groups in total. The van der Waals surface area contributed by atoms with Crippen molar-refractivity contribution >= 4 is 17.6 Å². The molecular formula is C18H15F2N3O3S. The number of para-hydroxylation sites is 1. The van der Waals surface area contributed by atoms with Crippen molar-refractivity contribution in [1.29, 1.82) is 0 Å².